The first-order valence-corrected chi connectivity index (χ1v) is 29.1. The van der Waals surface area contributed by atoms with Gasteiger partial charge >= 0.3 is 0 Å². The molecule has 392 valence electrons. The molecule has 13 aromatic rings. The number of para-hydroxylation sites is 4. The molecule has 84 heavy (non-hydrogen) atoms. The summed E-state index contributed by atoms with van der Waals surface area (Å²) in [6.07, 6.45) is 0. The molecule has 13 aromatic carbocycles. The lowest BCUT2D eigenvalue weighted by molar-refractivity contribution is 0.436. The highest BCUT2D eigenvalue weighted by Gasteiger charge is 2.53. The molecule has 3 heteroatoms. The molecule has 0 aromatic heterocycles. The summed E-state index contributed by atoms with van der Waals surface area (Å²) in [5.41, 5.74) is 25.7. The second-order valence-corrected chi connectivity index (χ2v) is 22.9. The first-order valence-electron chi connectivity index (χ1n) is 29.1. The third-order valence-corrected chi connectivity index (χ3v) is 19.1. The highest BCUT2D eigenvalue weighted by atomic mass is 16.5. The van der Waals surface area contributed by atoms with Crippen LogP contribution in [0.5, 0.6) is 23.0 Å². The number of anilines is 3. The van der Waals surface area contributed by atoms with E-state index in [4.69, 9.17) is 9.47 Å². The number of fused-ring (bicyclic) bond motifs is 21. The average Bonchev–Trinajstić information content (AvgIpc) is 2.02. The predicted molar refractivity (Wildman–Crippen MR) is 339 cm³/mol. The highest BCUT2D eigenvalue weighted by Crippen LogP contribution is 2.66. The van der Waals surface area contributed by atoms with Crippen LogP contribution in [-0.4, -0.2) is 0 Å². The van der Waals surface area contributed by atoms with Gasteiger partial charge in [-0.2, -0.15) is 0 Å². The van der Waals surface area contributed by atoms with Crippen molar-refractivity contribution in [2.75, 3.05) is 4.90 Å². The summed E-state index contributed by atoms with van der Waals surface area (Å²) >= 11 is 0. The van der Waals surface area contributed by atoms with Crippen molar-refractivity contribution >= 4 is 17.1 Å². The van der Waals surface area contributed by atoms with Gasteiger partial charge in [-0.1, -0.05) is 249 Å². The number of benzene rings is 13. The molecule has 0 radical (unpaired) electrons. The van der Waals surface area contributed by atoms with Crippen LogP contribution < -0.4 is 14.4 Å². The topological polar surface area (TPSA) is 21.7 Å². The normalized spacial score (nSPS) is 14.7. The van der Waals surface area contributed by atoms with Crippen LogP contribution in [0, 0.1) is 0 Å². The first-order chi connectivity index (χ1) is 41.7. The van der Waals surface area contributed by atoms with E-state index in [0.29, 0.717) is 0 Å². The minimum atomic E-state index is -0.657. The quantitative estimate of drug-likeness (QED) is 0.166. The second kappa shape index (κ2) is 17.6. The average molecular weight is 1070 g/mol. The number of rotatable bonds is 6. The Hall–Kier alpha value is -10.7. The van der Waals surface area contributed by atoms with Crippen LogP contribution in [0.3, 0.4) is 0 Å². The lowest BCUT2D eigenvalue weighted by atomic mass is 9.66. The van der Waals surface area contributed by atoms with Crippen molar-refractivity contribution in [2.24, 2.45) is 0 Å². The standard InChI is InChI=1S/C81H51NO2/c1-3-24-53(25-4-1)79(54-26-5-2-6-27-54)66-35-12-9-31-62(66)78-58(32-22-40-72(78)79)52-23-21-28-55(49-52)82(56-46-48-67-63(50-56)60-30-8-11-34-65(60)80(67)68-36-13-17-41-74(68)83-75-42-18-14-37-69(75)80)57-45-47-61-59-29-7-10-33-64(59)81(73(61)51-57)70-38-15-19-43-76(70)84-77-44-20-16-39-71(77)81/h1-51H. The molecule has 3 aliphatic carbocycles. The molecular formula is C81H51NO2. The van der Waals surface area contributed by atoms with Crippen LogP contribution in [0.25, 0.3) is 44.5 Å². The lowest BCUT2D eigenvalue weighted by Crippen LogP contribution is -2.32. The summed E-state index contributed by atoms with van der Waals surface area (Å²) in [5, 5.41) is 0. The van der Waals surface area contributed by atoms with Gasteiger partial charge in [0.15, 0.2) is 0 Å². The van der Waals surface area contributed by atoms with Crippen molar-refractivity contribution in [3.8, 4) is 67.5 Å². The zero-order chi connectivity index (χ0) is 55.1. The van der Waals surface area contributed by atoms with Crippen LogP contribution in [0.4, 0.5) is 17.1 Å². The third kappa shape index (κ3) is 6.09. The summed E-state index contributed by atoms with van der Waals surface area (Å²) in [6, 6.07) is 114. The van der Waals surface area contributed by atoms with Gasteiger partial charge in [0.1, 0.15) is 23.0 Å². The molecule has 5 aliphatic rings. The molecule has 2 aliphatic heterocycles. The molecule has 2 spiro atoms. The van der Waals surface area contributed by atoms with Gasteiger partial charge in [0.25, 0.3) is 0 Å². The minimum absolute atomic E-state index is 0.531. The van der Waals surface area contributed by atoms with E-state index in [1.807, 2.05) is 0 Å². The first kappa shape index (κ1) is 47.0. The SMILES string of the molecule is c1ccc(C2(c3ccccc3)c3ccccc3-c3c(-c4cccc(N(c5ccc6c(c5)-c5ccccc5C65c6ccccc6Oc6ccccc65)c5ccc6c(c5)C5(c7ccccc7Oc7ccccc75)c5ccccc5-6)c4)cccc32)cc1. The van der Waals surface area contributed by atoms with Gasteiger partial charge in [-0.3, -0.25) is 0 Å². The predicted octanol–water partition coefficient (Wildman–Crippen LogP) is 20.1. The number of hydrogen-bond acceptors (Lipinski definition) is 3. The van der Waals surface area contributed by atoms with Gasteiger partial charge in [0.05, 0.1) is 16.2 Å². The fourth-order valence-electron chi connectivity index (χ4n) is 16.0. The molecule has 0 atom stereocenters. The van der Waals surface area contributed by atoms with Crippen molar-refractivity contribution in [1.29, 1.82) is 0 Å². The van der Waals surface area contributed by atoms with E-state index in [1.165, 1.54) is 83.5 Å². The summed E-state index contributed by atoms with van der Waals surface area (Å²) in [7, 11) is 0. The molecule has 0 amide bonds. The molecule has 0 saturated carbocycles. The number of ether oxygens (including phenoxy) is 2. The van der Waals surface area contributed by atoms with Crippen LogP contribution in [0.15, 0.2) is 309 Å². The number of nitrogens with zero attached hydrogens (tertiary/aromatic N) is 1. The van der Waals surface area contributed by atoms with E-state index in [0.717, 1.165) is 67.9 Å². The smallest absolute Gasteiger partial charge is 0.132 e. The highest BCUT2D eigenvalue weighted by molar-refractivity contribution is 5.98. The fraction of sp³-hybridized carbons (Fsp3) is 0.0370. The Morgan fingerprint density at radius 3 is 1.17 bits per heavy atom. The van der Waals surface area contributed by atoms with E-state index in [1.54, 1.807) is 0 Å². The van der Waals surface area contributed by atoms with Crippen LogP contribution in [0.1, 0.15) is 66.8 Å². The second-order valence-electron chi connectivity index (χ2n) is 22.9. The summed E-state index contributed by atoms with van der Waals surface area (Å²) in [5.74, 6) is 3.50. The Bertz CT molecular complexity index is 4750. The minimum Gasteiger partial charge on any atom is -0.457 e. The largest absolute Gasteiger partial charge is 0.457 e. The Balaban J connectivity index is 0.893. The van der Waals surface area contributed by atoms with Gasteiger partial charge in [-0.15, -0.1) is 0 Å². The maximum absolute atomic E-state index is 6.83. The van der Waals surface area contributed by atoms with Gasteiger partial charge in [0, 0.05) is 39.3 Å². The van der Waals surface area contributed by atoms with E-state index in [2.05, 4.69) is 314 Å². The maximum atomic E-state index is 6.83. The third-order valence-electron chi connectivity index (χ3n) is 19.1. The van der Waals surface area contributed by atoms with Gasteiger partial charge < -0.3 is 14.4 Å². The Morgan fingerprint density at radius 2 is 0.595 bits per heavy atom. The molecule has 0 N–H and O–H groups in total. The van der Waals surface area contributed by atoms with Crippen LogP contribution in [-0.2, 0) is 16.2 Å². The lowest BCUT2D eigenvalue weighted by Gasteiger charge is -2.40. The van der Waals surface area contributed by atoms with Crippen LogP contribution >= 0.6 is 0 Å². The van der Waals surface area contributed by atoms with Crippen molar-refractivity contribution in [1.82, 2.24) is 0 Å². The zero-order valence-electron chi connectivity index (χ0n) is 45.7. The Kier molecular flexibility index (Phi) is 9.86. The van der Waals surface area contributed by atoms with E-state index >= 15 is 0 Å². The Morgan fingerprint density at radius 1 is 0.214 bits per heavy atom. The zero-order valence-corrected chi connectivity index (χ0v) is 45.7. The fourth-order valence-corrected chi connectivity index (χ4v) is 16.0. The van der Waals surface area contributed by atoms with Gasteiger partial charge in [-0.25, -0.2) is 0 Å². The van der Waals surface area contributed by atoms with Crippen LogP contribution in [0.2, 0.25) is 0 Å². The van der Waals surface area contributed by atoms with E-state index in [9.17, 15) is 0 Å². The molecular weight excluding hydrogens is 1020 g/mol. The summed E-state index contributed by atoms with van der Waals surface area (Å²) in [6.45, 7) is 0. The van der Waals surface area contributed by atoms with Gasteiger partial charge in [-0.05, 0) is 150 Å². The van der Waals surface area contributed by atoms with Crippen molar-refractivity contribution in [3.63, 3.8) is 0 Å². The number of hydrogen-bond donors (Lipinski definition) is 0. The van der Waals surface area contributed by atoms with E-state index < -0.39 is 16.2 Å². The molecule has 0 saturated heterocycles. The van der Waals surface area contributed by atoms with E-state index in [-0.39, 0.29) is 0 Å². The van der Waals surface area contributed by atoms with Gasteiger partial charge in [0.2, 0.25) is 0 Å². The summed E-state index contributed by atoms with van der Waals surface area (Å²) in [4.78, 5) is 2.51. The molecule has 18 rings (SSSR count). The molecule has 3 nitrogen and oxygen atoms in total. The van der Waals surface area contributed by atoms with Crippen molar-refractivity contribution in [2.45, 2.75) is 16.2 Å². The molecule has 2 heterocycles. The molecule has 0 fully saturated rings. The molecule has 0 bridgehead atoms. The van der Waals surface area contributed by atoms with Crippen molar-refractivity contribution < 1.29 is 9.47 Å². The maximum Gasteiger partial charge on any atom is 0.132 e. The monoisotopic (exact) mass is 1070 g/mol. The van der Waals surface area contributed by atoms with Crippen molar-refractivity contribution in [3.05, 3.63) is 376 Å². The Labute approximate surface area is 488 Å². The molecule has 0 unspecified atom stereocenters. The summed E-state index contributed by atoms with van der Waals surface area (Å²) < 4.78 is 13.6.